The first kappa shape index (κ1) is 13.5. The molecular formula is C11H17Cl2N3. The maximum Gasteiger partial charge on any atom is 0.138 e. The molecule has 0 amide bonds. The molecule has 16 heavy (non-hydrogen) atoms. The van der Waals surface area contributed by atoms with Crippen LogP contribution in [0, 0.1) is 0 Å². The lowest BCUT2D eigenvalue weighted by Gasteiger charge is -2.29. The summed E-state index contributed by atoms with van der Waals surface area (Å²) in [6, 6.07) is 0.415. The summed E-state index contributed by atoms with van der Waals surface area (Å²) in [6.07, 6.45) is 2.54. The molecule has 1 rings (SSSR count). The first-order chi connectivity index (χ1) is 7.65. The van der Waals surface area contributed by atoms with Crippen LogP contribution in [-0.2, 0) is 5.88 Å². The molecule has 0 spiro atoms. The quantitative estimate of drug-likeness (QED) is 0.600. The van der Waals surface area contributed by atoms with Crippen LogP contribution in [0.15, 0.2) is 6.33 Å². The molecule has 0 bridgehead atoms. The van der Waals surface area contributed by atoms with Crippen molar-refractivity contribution in [2.24, 2.45) is 0 Å². The molecule has 90 valence electrons. The zero-order chi connectivity index (χ0) is 12.1. The van der Waals surface area contributed by atoms with Crippen molar-refractivity contribution in [1.82, 2.24) is 9.97 Å². The molecule has 0 aliphatic heterocycles. The minimum atomic E-state index is 0.335. The Morgan fingerprint density at radius 1 is 1.38 bits per heavy atom. The van der Waals surface area contributed by atoms with Crippen LogP contribution in [0.3, 0.4) is 0 Å². The van der Waals surface area contributed by atoms with Gasteiger partial charge in [-0.2, -0.15) is 0 Å². The van der Waals surface area contributed by atoms with Crippen molar-refractivity contribution in [3.05, 3.63) is 17.0 Å². The zero-order valence-electron chi connectivity index (χ0n) is 9.87. The van der Waals surface area contributed by atoms with Crippen LogP contribution in [0.2, 0.25) is 5.15 Å². The third kappa shape index (κ3) is 2.77. The SMILES string of the molecule is CCC(C)N(CC)c1ncnc(Cl)c1CCl. The highest BCUT2D eigenvalue weighted by atomic mass is 35.5. The largest absolute Gasteiger partial charge is 0.354 e. The number of rotatable bonds is 5. The highest BCUT2D eigenvalue weighted by molar-refractivity contribution is 6.31. The molecule has 1 aromatic rings. The monoisotopic (exact) mass is 261 g/mol. The average Bonchev–Trinajstić information content (AvgIpc) is 2.30. The van der Waals surface area contributed by atoms with Gasteiger partial charge in [0.25, 0.3) is 0 Å². The molecule has 0 N–H and O–H groups in total. The molecule has 0 aliphatic carbocycles. The minimum Gasteiger partial charge on any atom is -0.354 e. The lowest BCUT2D eigenvalue weighted by molar-refractivity contribution is 0.620. The number of nitrogens with zero attached hydrogens (tertiary/aromatic N) is 3. The Morgan fingerprint density at radius 2 is 2.06 bits per heavy atom. The van der Waals surface area contributed by atoms with Crippen molar-refractivity contribution in [2.75, 3.05) is 11.4 Å². The summed E-state index contributed by atoms with van der Waals surface area (Å²) in [6.45, 7) is 7.29. The Balaban J connectivity index is 3.14. The van der Waals surface area contributed by atoms with Crippen molar-refractivity contribution >= 4 is 29.0 Å². The molecule has 0 saturated carbocycles. The van der Waals surface area contributed by atoms with Crippen molar-refractivity contribution in [3.63, 3.8) is 0 Å². The predicted molar refractivity (Wildman–Crippen MR) is 69.4 cm³/mol. The molecule has 1 aromatic heterocycles. The fraction of sp³-hybridized carbons (Fsp3) is 0.636. The van der Waals surface area contributed by atoms with E-state index in [1.807, 2.05) is 0 Å². The lowest BCUT2D eigenvalue weighted by Crippen LogP contribution is -2.33. The van der Waals surface area contributed by atoms with Gasteiger partial charge >= 0.3 is 0 Å². The van der Waals surface area contributed by atoms with Gasteiger partial charge in [0.1, 0.15) is 17.3 Å². The fourth-order valence-electron chi connectivity index (χ4n) is 1.64. The molecule has 5 heteroatoms. The summed E-state index contributed by atoms with van der Waals surface area (Å²) >= 11 is 11.9. The number of anilines is 1. The number of hydrogen-bond acceptors (Lipinski definition) is 3. The van der Waals surface area contributed by atoms with E-state index in [1.165, 1.54) is 6.33 Å². The molecule has 0 saturated heterocycles. The van der Waals surface area contributed by atoms with E-state index in [1.54, 1.807) is 0 Å². The molecular weight excluding hydrogens is 245 g/mol. The predicted octanol–water partition coefficient (Wildman–Crippen LogP) is 3.49. The summed E-state index contributed by atoms with van der Waals surface area (Å²) in [5.74, 6) is 1.19. The van der Waals surface area contributed by atoms with Gasteiger partial charge < -0.3 is 4.90 Å². The number of hydrogen-bond donors (Lipinski definition) is 0. The topological polar surface area (TPSA) is 29.0 Å². The van der Waals surface area contributed by atoms with Gasteiger partial charge in [-0.3, -0.25) is 0 Å². The molecule has 3 nitrogen and oxygen atoms in total. The number of aromatic nitrogens is 2. The molecule has 0 fully saturated rings. The van der Waals surface area contributed by atoms with Crippen LogP contribution in [0.1, 0.15) is 32.8 Å². The summed E-state index contributed by atoms with van der Waals surface area (Å²) in [4.78, 5) is 10.5. The average molecular weight is 262 g/mol. The van der Waals surface area contributed by atoms with E-state index in [-0.39, 0.29) is 0 Å². The lowest BCUT2D eigenvalue weighted by atomic mass is 10.2. The van der Waals surface area contributed by atoms with Crippen molar-refractivity contribution in [3.8, 4) is 0 Å². The van der Waals surface area contributed by atoms with Crippen LogP contribution in [0.5, 0.6) is 0 Å². The fourth-order valence-corrected chi connectivity index (χ4v) is 2.14. The molecule has 1 unspecified atom stereocenters. The summed E-state index contributed by atoms with van der Waals surface area (Å²) in [5, 5.41) is 0.446. The third-order valence-electron chi connectivity index (χ3n) is 2.74. The van der Waals surface area contributed by atoms with Gasteiger partial charge in [-0.05, 0) is 20.3 Å². The Morgan fingerprint density at radius 3 is 2.56 bits per heavy atom. The van der Waals surface area contributed by atoms with Crippen molar-refractivity contribution < 1.29 is 0 Å². The Hall–Kier alpha value is -0.540. The third-order valence-corrected chi connectivity index (χ3v) is 3.33. The van der Waals surface area contributed by atoms with Gasteiger partial charge in [-0.1, -0.05) is 18.5 Å². The van der Waals surface area contributed by atoms with E-state index in [4.69, 9.17) is 23.2 Å². The van der Waals surface area contributed by atoms with E-state index in [0.717, 1.165) is 24.3 Å². The van der Waals surface area contributed by atoms with Gasteiger partial charge in [0, 0.05) is 18.2 Å². The Bertz CT molecular complexity index is 344. The van der Waals surface area contributed by atoms with Crippen LogP contribution in [-0.4, -0.2) is 22.6 Å². The van der Waals surface area contributed by atoms with E-state index < -0.39 is 0 Å². The molecule has 0 aromatic carbocycles. The summed E-state index contributed by atoms with van der Waals surface area (Å²) < 4.78 is 0. The normalized spacial score (nSPS) is 12.6. The van der Waals surface area contributed by atoms with E-state index in [0.29, 0.717) is 17.1 Å². The van der Waals surface area contributed by atoms with Crippen LogP contribution in [0.25, 0.3) is 0 Å². The molecule has 0 aliphatic rings. The zero-order valence-corrected chi connectivity index (χ0v) is 11.4. The Kier molecular flexibility index (Phi) is 5.29. The summed E-state index contributed by atoms with van der Waals surface area (Å²) in [5.41, 5.74) is 0.813. The van der Waals surface area contributed by atoms with E-state index >= 15 is 0 Å². The first-order valence-corrected chi connectivity index (χ1v) is 6.38. The van der Waals surface area contributed by atoms with E-state index in [9.17, 15) is 0 Å². The molecule has 0 radical (unpaired) electrons. The molecule has 1 heterocycles. The summed E-state index contributed by atoms with van der Waals surface area (Å²) in [7, 11) is 0. The number of alkyl halides is 1. The van der Waals surface area contributed by atoms with Crippen LogP contribution >= 0.6 is 23.2 Å². The van der Waals surface area contributed by atoms with Crippen LogP contribution < -0.4 is 4.90 Å². The highest BCUT2D eigenvalue weighted by Gasteiger charge is 2.18. The standard InChI is InChI=1S/C11H17Cl2N3/c1-4-8(3)16(5-2)11-9(6-12)10(13)14-7-15-11/h7-8H,4-6H2,1-3H3. The Labute approximate surface area is 107 Å². The number of halogens is 2. The van der Waals surface area contributed by atoms with Gasteiger partial charge in [0.15, 0.2) is 0 Å². The smallest absolute Gasteiger partial charge is 0.138 e. The second-order valence-corrected chi connectivity index (χ2v) is 4.27. The second kappa shape index (κ2) is 6.26. The minimum absolute atomic E-state index is 0.335. The van der Waals surface area contributed by atoms with Gasteiger partial charge in [-0.15, -0.1) is 11.6 Å². The highest BCUT2D eigenvalue weighted by Crippen LogP contribution is 2.26. The van der Waals surface area contributed by atoms with Crippen molar-refractivity contribution in [2.45, 2.75) is 39.1 Å². The molecule has 1 atom stereocenters. The maximum absolute atomic E-state index is 6.02. The second-order valence-electron chi connectivity index (χ2n) is 3.64. The van der Waals surface area contributed by atoms with Crippen molar-refractivity contribution in [1.29, 1.82) is 0 Å². The van der Waals surface area contributed by atoms with Crippen LogP contribution in [0.4, 0.5) is 5.82 Å². The van der Waals surface area contributed by atoms with Gasteiger partial charge in [0.2, 0.25) is 0 Å². The van der Waals surface area contributed by atoms with Gasteiger partial charge in [0.05, 0.1) is 5.88 Å². The first-order valence-electron chi connectivity index (χ1n) is 5.47. The van der Waals surface area contributed by atoms with Gasteiger partial charge in [-0.25, -0.2) is 9.97 Å². The maximum atomic E-state index is 6.02. The van der Waals surface area contributed by atoms with E-state index in [2.05, 4.69) is 35.6 Å².